The monoisotopic (exact) mass is 254 g/mol. The number of fused-ring (bicyclic) bond motifs is 1. The largest absolute Gasteiger partial charge is 0.489 e. The van der Waals surface area contributed by atoms with Crippen LogP contribution >= 0.6 is 15.9 Å². The molecule has 0 saturated heterocycles. The fourth-order valence-corrected chi connectivity index (χ4v) is 1.95. The molecular formula is C11H11BrO2. The van der Waals surface area contributed by atoms with Crippen molar-refractivity contribution in [3.05, 3.63) is 28.2 Å². The fourth-order valence-electron chi connectivity index (χ4n) is 1.59. The maximum absolute atomic E-state index is 11.7. The summed E-state index contributed by atoms with van der Waals surface area (Å²) in [5, 5.41) is 0. The molecule has 1 heterocycles. The van der Waals surface area contributed by atoms with Crippen LogP contribution in [0.5, 0.6) is 5.75 Å². The Bertz CT molecular complexity index is 374. The minimum Gasteiger partial charge on any atom is -0.489 e. The molecule has 3 heteroatoms. The second kappa shape index (κ2) is 3.73. The van der Waals surface area contributed by atoms with Crippen LogP contribution < -0.4 is 4.74 Å². The number of hydrogen-bond donors (Lipinski definition) is 0. The zero-order valence-corrected chi connectivity index (χ0v) is 9.50. The van der Waals surface area contributed by atoms with E-state index in [4.69, 9.17) is 4.74 Å². The van der Waals surface area contributed by atoms with Gasteiger partial charge in [-0.15, -0.1) is 0 Å². The summed E-state index contributed by atoms with van der Waals surface area (Å²) < 4.78 is 6.58. The Morgan fingerprint density at radius 2 is 2.36 bits per heavy atom. The summed E-state index contributed by atoms with van der Waals surface area (Å²) in [7, 11) is 0. The van der Waals surface area contributed by atoms with Gasteiger partial charge in [-0.05, 0) is 24.6 Å². The van der Waals surface area contributed by atoms with Gasteiger partial charge in [-0.1, -0.05) is 22.9 Å². The maximum Gasteiger partial charge on any atom is 0.170 e. The Kier molecular flexibility index (Phi) is 2.59. The number of hydrogen-bond acceptors (Lipinski definition) is 2. The van der Waals surface area contributed by atoms with Gasteiger partial charge in [0, 0.05) is 10.9 Å². The Morgan fingerprint density at radius 1 is 1.57 bits per heavy atom. The number of rotatable bonds is 1. The Balaban J connectivity index is 2.40. The van der Waals surface area contributed by atoms with E-state index < -0.39 is 0 Å². The predicted octanol–water partition coefficient (Wildman–Crippen LogP) is 3.19. The molecular weight excluding hydrogens is 244 g/mol. The van der Waals surface area contributed by atoms with Crippen molar-refractivity contribution in [1.82, 2.24) is 0 Å². The van der Waals surface area contributed by atoms with Crippen LogP contribution in [0.4, 0.5) is 0 Å². The molecule has 0 aromatic heterocycles. The van der Waals surface area contributed by atoms with E-state index in [0.717, 1.165) is 16.6 Å². The lowest BCUT2D eigenvalue weighted by Gasteiger charge is -2.24. The van der Waals surface area contributed by atoms with Gasteiger partial charge in [0.1, 0.15) is 11.9 Å². The summed E-state index contributed by atoms with van der Waals surface area (Å²) in [4.78, 5) is 11.7. The van der Waals surface area contributed by atoms with Crippen LogP contribution in [0.2, 0.25) is 0 Å². The Morgan fingerprint density at radius 3 is 3.07 bits per heavy atom. The molecule has 0 N–H and O–H groups in total. The second-order valence-corrected chi connectivity index (χ2v) is 4.33. The Hall–Kier alpha value is -0.830. The quantitative estimate of drug-likeness (QED) is 0.770. The highest BCUT2D eigenvalue weighted by molar-refractivity contribution is 9.10. The lowest BCUT2D eigenvalue weighted by atomic mass is 10.00. The van der Waals surface area contributed by atoms with Crippen molar-refractivity contribution < 1.29 is 9.53 Å². The highest BCUT2D eigenvalue weighted by Crippen LogP contribution is 2.30. The summed E-state index contributed by atoms with van der Waals surface area (Å²) in [6.07, 6.45) is 1.43. The first kappa shape index (κ1) is 9.71. The van der Waals surface area contributed by atoms with Gasteiger partial charge < -0.3 is 4.74 Å². The first-order valence-corrected chi connectivity index (χ1v) is 5.49. The molecule has 0 fully saturated rings. The third-order valence-corrected chi connectivity index (χ3v) is 2.90. The molecule has 0 bridgehead atoms. The molecule has 0 amide bonds. The first-order valence-electron chi connectivity index (χ1n) is 4.70. The predicted molar refractivity (Wildman–Crippen MR) is 57.8 cm³/mol. The molecule has 14 heavy (non-hydrogen) atoms. The van der Waals surface area contributed by atoms with Gasteiger partial charge in [-0.25, -0.2) is 0 Å². The SMILES string of the molecule is CC[C@@H]1CC(=O)c2cc(Br)ccc2O1. The molecule has 74 valence electrons. The van der Waals surface area contributed by atoms with Crippen molar-refractivity contribution in [2.75, 3.05) is 0 Å². The maximum atomic E-state index is 11.7. The van der Waals surface area contributed by atoms with Crippen molar-refractivity contribution in [3.8, 4) is 5.75 Å². The van der Waals surface area contributed by atoms with Gasteiger partial charge >= 0.3 is 0 Å². The molecule has 0 radical (unpaired) electrons. The highest BCUT2D eigenvalue weighted by Gasteiger charge is 2.24. The lowest BCUT2D eigenvalue weighted by Crippen LogP contribution is -2.26. The van der Waals surface area contributed by atoms with E-state index in [1.165, 1.54) is 0 Å². The average Bonchev–Trinajstić information content (AvgIpc) is 2.19. The lowest BCUT2D eigenvalue weighted by molar-refractivity contribution is 0.0845. The zero-order valence-electron chi connectivity index (χ0n) is 7.92. The molecule has 1 atom stereocenters. The third-order valence-electron chi connectivity index (χ3n) is 2.40. The summed E-state index contributed by atoms with van der Waals surface area (Å²) in [5.41, 5.74) is 0.698. The van der Waals surface area contributed by atoms with Crippen molar-refractivity contribution in [2.24, 2.45) is 0 Å². The summed E-state index contributed by atoms with van der Waals surface area (Å²) in [5.74, 6) is 0.899. The van der Waals surface area contributed by atoms with Crippen LogP contribution in [0.3, 0.4) is 0 Å². The molecule has 1 aliphatic rings. The number of carbonyl (C=O) groups is 1. The number of ether oxygens (including phenoxy) is 1. The minimum atomic E-state index is 0.0520. The van der Waals surface area contributed by atoms with Gasteiger partial charge in [0.15, 0.2) is 5.78 Å². The standard InChI is InChI=1S/C11H11BrO2/c1-2-8-6-10(13)9-5-7(12)3-4-11(9)14-8/h3-5,8H,2,6H2,1H3/t8-/m1/s1. The summed E-state index contributed by atoms with van der Waals surface area (Å²) >= 11 is 3.34. The summed E-state index contributed by atoms with van der Waals surface area (Å²) in [6, 6.07) is 5.56. The molecule has 2 rings (SSSR count). The second-order valence-electron chi connectivity index (χ2n) is 3.42. The van der Waals surface area contributed by atoms with Crippen molar-refractivity contribution in [3.63, 3.8) is 0 Å². The van der Waals surface area contributed by atoms with E-state index in [1.54, 1.807) is 0 Å². The van der Waals surface area contributed by atoms with Crippen LogP contribution in [0.25, 0.3) is 0 Å². The topological polar surface area (TPSA) is 26.3 Å². The van der Waals surface area contributed by atoms with Crippen LogP contribution in [0.1, 0.15) is 30.1 Å². The van der Waals surface area contributed by atoms with E-state index >= 15 is 0 Å². The number of benzene rings is 1. The molecule has 1 aliphatic heterocycles. The van der Waals surface area contributed by atoms with Gasteiger partial charge in [0.05, 0.1) is 5.56 Å². The van der Waals surface area contributed by atoms with Crippen molar-refractivity contribution >= 4 is 21.7 Å². The molecule has 2 nitrogen and oxygen atoms in total. The number of ketones is 1. The molecule has 1 aromatic rings. The van der Waals surface area contributed by atoms with Crippen LogP contribution in [-0.2, 0) is 0 Å². The molecule has 0 spiro atoms. The van der Waals surface area contributed by atoms with Gasteiger partial charge in [-0.3, -0.25) is 4.79 Å². The van der Waals surface area contributed by atoms with E-state index in [-0.39, 0.29) is 11.9 Å². The number of carbonyl (C=O) groups excluding carboxylic acids is 1. The van der Waals surface area contributed by atoms with Crippen molar-refractivity contribution in [2.45, 2.75) is 25.9 Å². The Labute approximate surface area is 91.4 Å². The van der Waals surface area contributed by atoms with E-state index in [0.29, 0.717) is 12.0 Å². The van der Waals surface area contributed by atoms with Gasteiger partial charge in [0.25, 0.3) is 0 Å². The number of halogens is 1. The zero-order chi connectivity index (χ0) is 10.1. The van der Waals surface area contributed by atoms with E-state index in [2.05, 4.69) is 15.9 Å². The first-order chi connectivity index (χ1) is 6.70. The highest BCUT2D eigenvalue weighted by atomic mass is 79.9. The van der Waals surface area contributed by atoms with Gasteiger partial charge in [-0.2, -0.15) is 0 Å². The molecule has 1 aromatic carbocycles. The van der Waals surface area contributed by atoms with E-state index in [9.17, 15) is 4.79 Å². The normalized spacial score (nSPS) is 20.1. The van der Waals surface area contributed by atoms with Gasteiger partial charge in [0.2, 0.25) is 0 Å². The molecule has 0 unspecified atom stereocenters. The summed E-state index contributed by atoms with van der Waals surface area (Å²) in [6.45, 7) is 2.03. The van der Waals surface area contributed by atoms with Crippen LogP contribution in [-0.4, -0.2) is 11.9 Å². The van der Waals surface area contributed by atoms with Crippen LogP contribution in [0, 0.1) is 0 Å². The minimum absolute atomic E-state index is 0.0520. The smallest absolute Gasteiger partial charge is 0.170 e. The van der Waals surface area contributed by atoms with E-state index in [1.807, 2.05) is 25.1 Å². The molecule has 0 saturated carbocycles. The third kappa shape index (κ3) is 1.69. The fraction of sp³-hybridized carbons (Fsp3) is 0.364. The molecule has 0 aliphatic carbocycles. The average molecular weight is 255 g/mol. The van der Waals surface area contributed by atoms with Crippen molar-refractivity contribution in [1.29, 1.82) is 0 Å². The number of Topliss-reactive ketones (excluding diaryl/α,β-unsaturated/α-hetero) is 1. The van der Waals surface area contributed by atoms with Crippen LogP contribution in [0.15, 0.2) is 22.7 Å².